The molecule has 0 spiro atoms. The molecule has 26 heavy (non-hydrogen) atoms. The predicted octanol–water partition coefficient (Wildman–Crippen LogP) is 3.79. The van der Waals surface area contributed by atoms with E-state index in [2.05, 4.69) is 29.1 Å². The maximum absolute atomic E-state index is 12.7. The quantitative estimate of drug-likeness (QED) is 0.822. The molecule has 1 aliphatic rings. The number of nitrogens with zero attached hydrogens (tertiary/aromatic N) is 2. The molecule has 0 fully saturated rings. The lowest BCUT2D eigenvalue weighted by molar-refractivity contribution is -0.120. The van der Waals surface area contributed by atoms with Crippen LogP contribution < -0.4 is 10.2 Å². The first-order chi connectivity index (χ1) is 12.3. The minimum Gasteiger partial charge on any atom is -0.372 e. The van der Waals surface area contributed by atoms with Crippen LogP contribution in [0.1, 0.15) is 43.6 Å². The maximum Gasteiger partial charge on any atom is 0.254 e. The lowest BCUT2D eigenvalue weighted by Crippen LogP contribution is -2.35. The van der Waals surface area contributed by atoms with Gasteiger partial charge in [0.2, 0.25) is 0 Å². The van der Waals surface area contributed by atoms with Gasteiger partial charge in [-0.2, -0.15) is 0 Å². The number of rotatable bonds is 6. The van der Waals surface area contributed by atoms with E-state index in [1.54, 1.807) is 13.0 Å². The number of anilines is 1. The van der Waals surface area contributed by atoms with Crippen molar-refractivity contribution < 1.29 is 9.59 Å². The summed E-state index contributed by atoms with van der Waals surface area (Å²) < 4.78 is 0. The van der Waals surface area contributed by atoms with Crippen LogP contribution >= 0.6 is 11.6 Å². The van der Waals surface area contributed by atoms with Crippen LogP contribution in [0.5, 0.6) is 0 Å². The molecular weight excluding hydrogens is 350 g/mol. The van der Waals surface area contributed by atoms with Crippen LogP contribution in [0, 0.1) is 12.8 Å². The molecule has 1 aromatic carbocycles. The van der Waals surface area contributed by atoms with Crippen molar-refractivity contribution in [3.8, 4) is 0 Å². The normalized spacial score (nSPS) is 16.8. The van der Waals surface area contributed by atoms with E-state index in [1.807, 2.05) is 26.0 Å². The minimum absolute atomic E-state index is 0.213. The standard InChI is InChI=1S/C20H26ClN3O2/c1-6-24(7-2)18-10-15(21)9-16(14(18)5)19(25)22-11-17-12(3)8-13(4)23-20(17)26/h8-10,17H,6-7,11H2,1-5H3,(H,22,25). The molecule has 1 aromatic rings. The molecule has 6 heteroatoms. The topological polar surface area (TPSA) is 61.8 Å². The van der Waals surface area contributed by atoms with E-state index in [9.17, 15) is 9.59 Å². The Balaban J connectivity index is 2.20. The molecule has 1 aliphatic heterocycles. The Kier molecular flexibility index (Phi) is 6.59. The Morgan fingerprint density at radius 2 is 1.88 bits per heavy atom. The zero-order valence-electron chi connectivity index (χ0n) is 16.0. The number of halogens is 1. The summed E-state index contributed by atoms with van der Waals surface area (Å²) >= 11 is 6.25. The first-order valence-electron chi connectivity index (χ1n) is 8.89. The van der Waals surface area contributed by atoms with Crippen LogP contribution in [0.2, 0.25) is 5.02 Å². The van der Waals surface area contributed by atoms with Gasteiger partial charge in [-0.15, -0.1) is 0 Å². The van der Waals surface area contributed by atoms with Crippen LogP contribution in [0.3, 0.4) is 0 Å². The summed E-state index contributed by atoms with van der Waals surface area (Å²) in [4.78, 5) is 31.0. The highest BCUT2D eigenvalue weighted by Gasteiger charge is 2.25. The number of hydrogen-bond acceptors (Lipinski definition) is 3. The highest BCUT2D eigenvalue weighted by atomic mass is 35.5. The summed E-state index contributed by atoms with van der Waals surface area (Å²) in [6.45, 7) is 11.6. The molecule has 1 unspecified atom stereocenters. The number of allylic oxidation sites excluding steroid dienone is 1. The van der Waals surface area contributed by atoms with Gasteiger partial charge >= 0.3 is 0 Å². The summed E-state index contributed by atoms with van der Waals surface area (Å²) in [6, 6.07) is 3.56. The molecule has 140 valence electrons. The molecule has 2 rings (SSSR count). The van der Waals surface area contributed by atoms with E-state index in [0.29, 0.717) is 16.3 Å². The predicted molar refractivity (Wildman–Crippen MR) is 107 cm³/mol. The second-order valence-corrected chi connectivity index (χ2v) is 6.95. The van der Waals surface area contributed by atoms with Gasteiger partial charge < -0.3 is 10.2 Å². The Morgan fingerprint density at radius 1 is 1.23 bits per heavy atom. The van der Waals surface area contributed by atoms with E-state index in [-0.39, 0.29) is 18.4 Å². The summed E-state index contributed by atoms with van der Waals surface area (Å²) in [5, 5.41) is 3.39. The van der Waals surface area contributed by atoms with Gasteiger partial charge in [-0.25, -0.2) is 4.99 Å². The maximum atomic E-state index is 12.7. The molecular formula is C20H26ClN3O2. The molecule has 0 radical (unpaired) electrons. The average Bonchev–Trinajstić information content (AvgIpc) is 2.57. The lowest BCUT2D eigenvalue weighted by Gasteiger charge is -2.25. The minimum atomic E-state index is -0.413. The fourth-order valence-corrected chi connectivity index (χ4v) is 3.45. The van der Waals surface area contributed by atoms with Crippen LogP contribution in [0.25, 0.3) is 0 Å². The van der Waals surface area contributed by atoms with Gasteiger partial charge in [0.05, 0.1) is 5.92 Å². The Bertz CT molecular complexity index is 780. The number of carbonyl (C=O) groups excluding carboxylic acids is 2. The molecule has 1 heterocycles. The fraction of sp³-hybridized carbons (Fsp3) is 0.450. The van der Waals surface area contributed by atoms with Gasteiger partial charge in [0.15, 0.2) is 0 Å². The van der Waals surface area contributed by atoms with Gasteiger partial charge in [-0.05, 0) is 58.4 Å². The first kappa shape index (κ1) is 20.2. The van der Waals surface area contributed by atoms with E-state index in [4.69, 9.17) is 11.6 Å². The van der Waals surface area contributed by atoms with Gasteiger partial charge in [-0.3, -0.25) is 9.59 Å². The second kappa shape index (κ2) is 8.49. The van der Waals surface area contributed by atoms with E-state index >= 15 is 0 Å². The molecule has 0 aromatic heterocycles. The zero-order valence-corrected chi connectivity index (χ0v) is 16.8. The smallest absolute Gasteiger partial charge is 0.254 e. The average molecular weight is 376 g/mol. The molecule has 0 saturated heterocycles. The molecule has 0 saturated carbocycles. The molecule has 0 aliphatic carbocycles. The monoisotopic (exact) mass is 375 g/mol. The van der Waals surface area contributed by atoms with Crippen molar-refractivity contribution in [3.05, 3.63) is 39.9 Å². The SMILES string of the molecule is CCN(CC)c1cc(Cl)cc(C(=O)NCC2C(=O)N=C(C)C=C2C)c1C. The Hall–Kier alpha value is -2.14. The van der Waals surface area contributed by atoms with Crippen LogP contribution in [0.15, 0.2) is 28.8 Å². The molecule has 2 amide bonds. The number of hydrogen-bond donors (Lipinski definition) is 1. The Morgan fingerprint density at radius 3 is 2.46 bits per heavy atom. The number of aliphatic imine (C=N–C) groups is 1. The number of benzene rings is 1. The van der Waals surface area contributed by atoms with Crippen molar-refractivity contribution in [2.75, 3.05) is 24.5 Å². The van der Waals surface area contributed by atoms with Gasteiger partial charge in [0, 0.05) is 41.6 Å². The van der Waals surface area contributed by atoms with Crippen molar-refractivity contribution in [2.45, 2.75) is 34.6 Å². The van der Waals surface area contributed by atoms with Crippen molar-refractivity contribution in [1.82, 2.24) is 5.32 Å². The van der Waals surface area contributed by atoms with Crippen molar-refractivity contribution in [1.29, 1.82) is 0 Å². The first-order valence-corrected chi connectivity index (χ1v) is 9.26. The third-order valence-electron chi connectivity index (χ3n) is 4.73. The summed E-state index contributed by atoms with van der Waals surface area (Å²) in [5.41, 5.74) is 3.98. The fourth-order valence-electron chi connectivity index (χ4n) is 3.24. The summed E-state index contributed by atoms with van der Waals surface area (Å²) in [7, 11) is 0. The number of carbonyl (C=O) groups is 2. The molecule has 5 nitrogen and oxygen atoms in total. The number of dihydropyridines is 1. The molecule has 0 bridgehead atoms. The molecule has 1 atom stereocenters. The van der Waals surface area contributed by atoms with Crippen LogP contribution in [0.4, 0.5) is 5.69 Å². The van der Waals surface area contributed by atoms with Crippen LogP contribution in [-0.2, 0) is 4.79 Å². The zero-order chi connectivity index (χ0) is 19.4. The van der Waals surface area contributed by atoms with Gasteiger partial charge in [0.25, 0.3) is 11.8 Å². The van der Waals surface area contributed by atoms with Crippen molar-refractivity contribution >= 4 is 34.8 Å². The van der Waals surface area contributed by atoms with Crippen LogP contribution in [-0.4, -0.2) is 37.2 Å². The Labute approximate surface area is 160 Å². The van der Waals surface area contributed by atoms with Crippen molar-refractivity contribution in [3.63, 3.8) is 0 Å². The summed E-state index contributed by atoms with van der Waals surface area (Å²) in [6.07, 6.45) is 1.88. The van der Waals surface area contributed by atoms with E-state index in [0.717, 1.165) is 29.9 Å². The number of nitrogens with one attached hydrogen (secondary N) is 1. The van der Waals surface area contributed by atoms with Gasteiger partial charge in [0.1, 0.15) is 0 Å². The highest BCUT2D eigenvalue weighted by molar-refractivity contribution is 6.31. The third-order valence-corrected chi connectivity index (χ3v) is 4.95. The van der Waals surface area contributed by atoms with Gasteiger partial charge in [-0.1, -0.05) is 17.2 Å². The van der Waals surface area contributed by atoms with E-state index < -0.39 is 5.92 Å². The highest BCUT2D eigenvalue weighted by Crippen LogP contribution is 2.28. The van der Waals surface area contributed by atoms with E-state index in [1.165, 1.54) is 0 Å². The second-order valence-electron chi connectivity index (χ2n) is 6.51. The summed E-state index contributed by atoms with van der Waals surface area (Å²) in [5.74, 6) is -0.857. The third kappa shape index (κ3) is 4.33. The molecule has 1 N–H and O–H groups in total. The van der Waals surface area contributed by atoms with Crippen molar-refractivity contribution in [2.24, 2.45) is 10.9 Å². The largest absolute Gasteiger partial charge is 0.372 e. The number of amides is 2. The lowest BCUT2D eigenvalue weighted by atomic mass is 9.95.